The average Bonchev–Trinajstić information content (AvgIpc) is 2.39. The van der Waals surface area contributed by atoms with Crippen LogP contribution in [-0.4, -0.2) is 43.2 Å². The number of anilines is 2. The number of hydrogen-bond acceptors (Lipinski definition) is 4. The van der Waals surface area contributed by atoms with E-state index in [1.54, 1.807) is 32.3 Å². The van der Waals surface area contributed by atoms with Gasteiger partial charge in [-0.3, -0.25) is 4.79 Å². The van der Waals surface area contributed by atoms with Gasteiger partial charge in [-0.15, -0.1) is 0 Å². The lowest BCUT2D eigenvalue weighted by Gasteiger charge is -2.14. The maximum absolute atomic E-state index is 11.9. The quantitative estimate of drug-likeness (QED) is 0.516. The number of nitrogens with zero attached hydrogens (tertiary/aromatic N) is 1. The van der Waals surface area contributed by atoms with Gasteiger partial charge in [0.1, 0.15) is 0 Å². The van der Waals surface area contributed by atoms with Gasteiger partial charge >= 0.3 is 0 Å². The highest BCUT2D eigenvalue weighted by Gasteiger charge is 2.09. The van der Waals surface area contributed by atoms with E-state index in [0.717, 1.165) is 31.5 Å². The Kier molecular flexibility index (Phi) is 6.15. The van der Waals surface area contributed by atoms with Gasteiger partial charge in [0.15, 0.2) is 0 Å². The lowest BCUT2D eigenvalue weighted by molar-refractivity contribution is 0.0827. The molecule has 0 fully saturated rings. The van der Waals surface area contributed by atoms with Crippen molar-refractivity contribution in [1.82, 2.24) is 4.90 Å². The third kappa shape index (κ3) is 4.79. The first-order chi connectivity index (χ1) is 9.06. The molecule has 5 heteroatoms. The second-order valence-corrected chi connectivity index (χ2v) is 4.71. The van der Waals surface area contributed by atoms with Gasteiger partial charge in [0.05, 0.1) is 11.4 Å². The monoisotopic (exact) mass is 265 g/mol. The fourth-order valence-electron chi connectivity index (χ4n) is 1.74. The molecule has 0 bridgehead atoms. The summed E-state index contributed by atoms with van der Waals surface area (Å²) >= 11 is 0. The molecule has 0 aliphatic heterocycles. The molecule has 1 aromatic rings. The molecule has 4 N–H and O–H groups in total. The first-order valence-corrected chi connectivity index (χ1v) is 6.52. The second kappa shape index (κ2) is 7.63. The Balaban J connectivity index is 2.62. The summed E-state index contributed by atoms with van der Waals surface area (Å²) in [7, 11) is 3.45. The Labute approximate surface area is 114 Å². The minimum Gasteiger partial charge on any atom is -0.397 e. The molecule has 0 aliphatic carbocycles. The normalized spacial score (nSPS) is 10.3. The minimum atomic E-state index is -0.0386. The van der Waals surface area contributed by atoms with E-state index in [1.807, 2.05) is 0 Å². The number of aliphatic hydroxyl groups excluding tert-OH is 1. The summed E-state index contributed by atoms with van der Waals surface area (Å²) in [5, 5.41) is 11.9. The number of amides is 1. The summed E-state index contributed by atoms with van der Waals surface area (Å²) in [4.78, 5) is 13.4. The van der Waals surface area contributed by atoms with Gasteiger partial charge in [-0.25, -0.2) is 0 Å². The predicted molar refractivity (Wildman–Crippen MR) is 78.3 cm³/mol. The van der Waals surface area contributed by atoms with Crippen molar-refractivity contribution in [3.63, 3.8) is 0 Å². The number of rotatable bonds is 7. The highest BCUT2D eigenvalue weighted by molar-refractivity contribution is 5.95. The van der Waals surface area contributed by atoms with E-state index in [1.165, 1.54) is 4.90 Å². The molecule has 0 saturated carbocycles. The van der Waals surface area contributed by atoms with Crippen molar-refractivity contribution in [1.29, 1.82) is 0 Å². The van der Waals surface area contributed by atoms with Crippen LogP contribution in [0.3, 0.4) is 0 Å². The largest absolute Gasteiger partial charge is 0.397 e. The summed E-state index contributed by atoms with van der Waals surface area (Å²) in [6.45, 7) is 1.01. The average molecular weight is 265 g/mol. The van der Waals surface area contributed by atoms with Crippen LogP contribution in [-0.2, 0) is 0 Å². The van der Waals surface area contributed by atoms with Gasteiger partial charge in [0, 0.05) is 32.8 Å². The number of nitrogens with one attached hydrogen (secondary N) is 1. The van der Waals surface area contributed by atoms with Crippen LogP contribution in [0.25, 0.3) is 0 Å². The molecule has 0 spiro atoms. The van der Waals surface area contributed by atoms with Gasteiger partial charge in [-0.1, -0.05) is 0 Å². The zero-order valence-corrected chi connectivity index (χ0v) is 11.6. The van der Waals surface area contributed by atoms with E-state index < -0.39 is 0 Å². The number of nitrogen functional groups attached to an aromatic ring is 1. The summed E-state index contributed by atoms with van der Waals surface area (Å²) in [6.07, 6.45) is 2.75. The van der Waals surface area contributed by atoms with Gasteiger partial charge in [0.25, 0.3) is 5.91 Å². The van der Waals surface area contributed by atoms with Crippen molar-refractivity contribution in [2.24, 2.45) is 0 Å². The molecule has 0 unspecified atom stereocenters. The highest BCUT2D eigenvalue weighted by atomic mass is 16.2. The van der Waals surface area contributed by atoms with Crippen molar-refractivity contribution in [2.45, 2.75) is 19.3 Å². The number of nitrogens with two attached hydrogens (primary N) is 1. The van der Waals surface area contributed by atoms with Gasteiger partial charge in [-0.05, 0) is 37.5 Å². The first kappa shape index (κ1) is 15.3. The Bertz CT molecular complexity index is 419. The summed E-state index contributed by atoms with van der Waals surface area (Å²) in [6, 6.07) is 5.26. The summed E-state index contributed by atoms with van der Waals surface area (Å²) in [5.74, 6) is -0.0386. The van der Waals surface area contributed by atoms with Gasteiger partial charge in [-0.2, -0.15) is 0 Å². The topological polar surface area (TPSA) is 78.6 Å². The molecule has 0 aliphatic rings. The standard InChI is InChI=1S/C14H23N3O2/c1-17(2)14(19)11-6-7-12(15)13(10-11)16-8-4-3-5-9-18/h6-7,10,16,18H,3-5,8-9,15H2,1-2H3. The van der Waals surface area contributed by atoms with Gasteiger partial charge < -0.3 is 21.1 Å². The zero-order valence-electron chi connectivity index (χ0n) is 11.6. The molecule has 0 heterocycles. The molecule has 19 heavy (non-hydrogen) atoms. The van der Waals surface area contributed by atoms with E-state index in [-0.39, 0.29) is 12.5 Å². The van der Waals surface area contributed by atoms with E-state index in [4.69, 9.17) is 10.8 Å². The van der Waals surface area contributed by atoms with Crippen LogP contribution >= 0.6 is 0 Å². The first-order valence-electron chi connectivity index (χ1n) is 6.52. The highest BCUT2D eigenvalue weighted by Crippen LogP contribution is 2.20. The van der Waals surface area contributed by atoms with Crippen LogP contribution in [0.15, 0.2) is 18.2 Å². The molecule has 0 saturated heterocycles. The van der Waals surface area contributed by atoms with Crippen LogP contribution in [0, 0.1) is 0 Å². The molecular weight excluding hydrogens is 242 g/mol. The third-order valence-corrected chi connectivity index (χ3v) is 2.86. The van der Waals surface area contributed by atoms with E-state index >= 15 is 0 Å². The van der Waals surface area contributed by atoms with Crippen molar-refractivity contribution in [3.05, 3.63) is 23.8 Å². The number of unbranched alkanes of at least 4 members (excludes halogenated alkanes) is 2. The fraction of sp³-hybridized carbons (Fsp3) is 0.500. The zero-order chi connectivity index (χ0) is 14.3. The van der Waals surface area contributed by atoms with Crippen molar-refractivity contribution >= 4 is 17.3 Å². The number of carbonyl (C=O) groups excluding carboxylic acids is 1. The predicted octanol–water partition coefficient (Wildman–Crippen LogP) is 1.55. The molecule has 1 rings (SSSR count). The van der Waals surface area contributed by atoms with Crippen molar-refractivity contribution in [3.8, 4) is 0 Å². The van der Waals surface area contributed by atoms with Crippen molar-refractivity contribution < 1.29 is 9.90 Å². The SMILES string of the molecule is CN(C)C(=O)c1ccc(N)c(NCCCCCO)c1. The van der Waals surface area contributed by atoms with Crippen LogP contribution in [0.2, 0.25) is 0 Å². The molecule has 0 radical (unpaired) electrons. The summed E-state index contributed by atoms with van der Waals surface area (Å²) < 4.78 is 0. The Hall–Kier alpha value is -1.75. The van der Waals surface area contributed by atoms with Crippen LogP contribution in [0.4, 0.5) is 11.4 Å². The van der Waals surface area contributed by atoms with Gasteiger partial charge in [0.2, 0.25) is 0 Å². The smallest absolute Gasteiger partial charge is 0.253 e. The molecule has 5 nitrogen and oxygen atoms in total. The Morgan fingerprint density at radius 3 is 2.68 bits per heavy atom. The van der Waals surface area contributed by atoms with Crippen LogP contribution in [0.5, 0.6) is 0 Å². The second-order valence-electron chi connectivity index (χ2n) is 4.71. The van der Waals surface area contributed by atoms with E-state index in [9.17, 15) is 4.79 Å². The maximum atomic E-state index is 11.9. The van der Waals surface area contributed by atoms with E-state index in [0.29, 0.717) is 11.3 Å². The Morgan fingerprint density at radius 1 is 1.32 bits per heavy atom. The van der Waals surface area contributed by atoms with Crippen LogP contribution in [0.1, 0.15) is 29.6 Å². The number of aliphatic hydroxyl groups is 1. The number of hydrogen-bond donors (Lipinski definition) is 3. The lowest BCUT2D eigenvalue weighted by atomic mass is 10.1. The maximum Gasteiger partial charge on any atom is 0.253 e. The molecule has 0 aromatic heterocycles. The molecule has 106 valence electrons. The molecular formula is C14H23N3O2. The molecule has 0 atom stereocenters. The van der Waals surface area contributed by atoms with Crippen LogP contribution < -0.4 is 11.1 Å². The fourth-order valence-corrected chi connectivity index (χ4v) is 1.74. The van der Waals surface area contributed by atoms with Crippen molar-refractivity contribution in [2.75, 3.05) is 38.3 Å². The lowest BCUT2D eigenvalue weighted by Crippen LogP contribution is -2.21. The third-order valence-electron chi connectivity index (χ3n) is 2.86. The molecule has 1 amide bonds. The number of carbonyl (C=O) groups is 1. The number of benzene rings is 1. The molecule has 1 aromatic carbocycles. The summed E-state index contributed by atoms with van der Waals surface area (Å²) in [5.41, 5.74) is 7.93. The minimum absolute atomic E-state index is 0.0386. The Morgan fingerprint density at radius 2 is 2.05 bits per heavy atom. The van der Waals surface area contributed by atoms with E-state index in [2.05, 4.69) is 5.32 Å².